The van der Waals surface area contributed by atoms with Crippen molar-refractivity contribution in [3.05, 3.63) is 29.3 Å². The smallest absolute Gasteiger partial charge is 0.168 e. The van der Waals surface area contributed by atoms with Crippen molar-refractivity contribution in [3.8, 4) is 5.75 Å². The first-order valence-corrected chi connectivity index (χ1v) is 8.95. The van der Waals surface area contributed by atoms with E-state index in [9.17, 15) is 5.11 Å². The number of nitrogens with one attached hydrogen (secondary N) is 1. The molecule has 1 aliphatic carbocycles. The van der Waals surface area contributed by atoms with Gasteiger partial charge in [-0.2, -0.15) is 0 Å². The first-order chi connectivity index (χ1) is 11.0. The lowest BCUT2D eigenvalue weighted by Gasteiger charge is -2.60. The fraction of sp³-hybridized carbons (Fsp3) is 0.611. The number of nitrogens with zero attached hydrogens (tertiary/aromatic N) is 2. The van der Waals surface area contributed by atoms with Crippen molar-refractivity contribution in [3.63, 3.8) is 0 Å². The maximum Gasteiger partial charge on any atom is 0.168 e. The highest BCUT2D eigenvalue weighted by atomic mass is 32.1. The zero-order chi connectivity index (χ0) is 16.2. The molecule has 2 N–H and O–H groups in total. The van der Waals surface area contributed by atoms with Gasteiger partial charge in [-0.1, -0.05) is 6.07 Å². The first-order valence-electron chi connectivity index (χ1n) is 8.54. The minimum atomic E-state index is 0.212. The van der Waals surface area contributed by atoms with Crippen LogP contribution in [0, 0.1) is 5.92 Å². The number of thiocarbonyl (C=S) groups is 1. The Balaban J connectivity index is 1.78. The third kappa shape index (κ3) is 2.17. The van der Waals surface area contributed by atoms with Crippen LogP contribution in [-0.2, 0) is 11.8 Å². The Morgan fingerprint density at radius 3 is 2.91 bits per heavy atom. The molecule has 3 aliphatic rings. The predicted molar refractivity (Wildman–Crippen MR) is 95.9 cm³/mol. The predicted octanol–water partition coefficient (Wildman–Crippen LogP) is 1.72. The van der Waals surface area contributed by atoms with E-state index in [0.717, 1.165) is 37.6 Å². The van der Waals surface area contributed by atoms with Crippen molar-refractivity contribution < 1.29 is 5.11 Å². The highest BCUT2D eigenvalue weighted by Gasteiger charge is 2.54. The van der Waals surface area contributed by atoms with Crippen LogP contribution in [0.15, 0.2) is 18.2 Å². The molecular weight excluding hydrogens is 306 g/mol. The highest BCUT2D eigenvalue weighted by molar-refractivity contribution is 7.80. The van der Waals surface area contributed by atoms with Gasteiger partial charge in [-0.25, -0.2) is 0 Å². The largest absolute Gasteiger partial charge is 0.508 e. The van der Waals surface area contributed by atoms with Crippen LogP contribution in [0.1, 0.15) is 24.0 Å². The van der Waals surface area contributed by atoms with Crippen LogP contribution in [0.3, 0.4) is 0 Å². The first kappa shape index (κ1) is 15.2. The van der Waals surface area contributed by atoms with E-state index in [1.54, 1.807) is 0 Å². The van der Waals surface area contributed by atoms with Crippen LogP contribution in [0.5, 0.6) is 5.75 Å². The third-order valence-corrected chi connectivity index (χ3v) is 6.92. The maximum atomic E-state index is 10.1. The Kier molecular flexibility index (Phi) is 3.54. The lowest BCUT2D eigenvalue weighted by Crippen LogP contribution is -2.65. The number of piperidine rings is 2. The molecule has 2 fully saturated rings. The summed E-state index contributed by atoms with van der Waals surface area (Å²) >= 11 is 5.49. The molecule has 0 amide bonds. The molecular formula is C18H25N3OS. The Morgan fingerprint density at radius 1 is 1.35 bits per heavy atom. The highest BCUT2D eigenvalue weighted by Crippen LogP contribution is 2.53. The second-order valence-corrected chi connectivity index (χ2v) is 7.74. The standard InChI is InChI=1S/C18H25N3OS/c1-19-17(23)21-8-6-18-5-7-20(2)16(15(18)11-21)9-12-3-4-13(22)10-14(12)18/h3-4,10,15-16,22H,5-9,11H2,1-2H3,(H,19,23)/t15-,16+,18+/m0/s1. The minimum absolute atomic E-state index is 0.212. The van der Waals surface area contributed by atoms with E-state index in [1.165, 1.54) is 17.5 Å². The van der Waals surface area contributed by atoms with Gasteiger partial charge in [-0.15, -0.1) is 0 Å². The van der Waals surface area contributed by atoms with Crippen LogP contribution in [-0.4, -0.2) is 59.8 Å². The van der Waals surface area contributed by atoms with Gasteiger partial charge in [0.05, 0.1) is 0 Å². The van der Waals surface area contributed by atoms with Crippen LogP contribution in [0.2, 0.25) is 0 Å². The van der Waals surface area contributed by atoms with Crippen LogP contribution in [0.25, 0.3) is 0 Å². The van der Waals surface area contributed by atoms with E-state index in [-0.39, 0.29) is 5.41 Å². The van der Waals surface area contributed by atoms with E-state index < -0.39 is 0 Å². The van der Waals surface area contributed by atoms with Crippen LogP contribution >= 0.6 is 12.2 Å². The quantitative estimate of drug-likeness (QED) is 0.708. The Morgan fingerprint density at radius 2 is 2.13 bits per heavy atom. The molecule has 2 heterocycles. The van der Waals surface area contributed by atoms with E-state index in [4.69, 9.17) is 12.2 Å². The van der Waals surface area contributed by atoms with E-state index in [1.807, 2.05) is 19.2 Å². The van der Waals surface area contributed by atoms with Crippen LogP contribution in [0.4, 0.5) is 0 Å². The van der Waals surface area contributed by atoms with Gasteiger partial charge in [0, 0.05) is 37.5 Å². The summed E-state index contributed by atoms with van der Waals surface area (Å²) in [5.74, 6) is 0.984. The second-order valence-electron chi connectivity index (χ2n) is 7.36. The number of benzene rings is 1. The van der Waals surface area contributed by atoms with Gasteiger partial charge in [0.1, 0.15) is 5.75 Å². The van der Waals surface area contributed by atoms with E-state index >= 15 is 0 Å². The third-order valence-electron chi connectivity index (χ3n) is 6.46. The zero-order valence-corrected chi connectivity index (χ0v) is 14.7. The Hall–Kier alpha value is -1.33. The van der Waals surface area contributed by atoms with Gasteiger partial charge in [-0.3, -0.25) is 0 Å². The summed E-state index contributed by atoms with van der Waals surface area (Å²) in [5, 5.41) is 14.1. The number of likely N-dealkylation sites (tertiary alicyclic amines) is 2. The SMILES string of the molecule is CNC(=S)N1CC[C@]23CCN(C)[C@H](Cc4ccc(O)cc42)[C@@H]3C1. The molecule has 2 saturated heterocycles. The number of phenols is 1. The average molecular weight is 331 g/mol. The molecule has 3 atom stereocenters. The van der Waals surface area contributed by atoms with Gasteiger partial charge in [0.25, 0.3) is 0 Å². The van der Waals surface area contributed by atoms with Crippen molar-refractivity contribution in [1.82, 2.24) is 15.1 Å². The van der Waals surface area contributed by atoms with Gasteiger partial charge in [-0.05, 0) is 68.3 Å². The van der Waals surface area contributed by atoms with Gasteiger partial charge < -0.3 is 20.2 Å². The van der Waals surface area contributed by atoms with Gasteiger partial charge >= 0.3 is 0 Å². The second kappa shape index (κ2) is 5.35. The fourth-order valence-electron chi connectivity index (χ4n) is 5.21. The monoisotopic (exact) mass is 331 g/mol. The van der Waals surface area contributed by atoms with E-state index in [2.05, 4.69) is 28.2 Å². The van der Waals surface area contributed by atoms with Gasteiger partial charge in [0.2, 0.25) is 0 Å². The van der Waals surface area contributed by atoms with Crippen molar-refractivity contribution in [2.24, 2.45) is 5.92 Å². The molecule has 2 aliphatic heterocycles. The summed E-state index contributed by atoms with van der Waals surface area (Å²) < 4.78 is 0. The zero-order valence-electron chi connectivity index (χ0n) is 13.9. The molecule has 0 spiro atoms. The Labute approximate surface area is 143 Å². The topological polar surface area (TPSA) is 38.7 Å². The molecule has 1 aromatic carbocycles. The lowest BCUT2D eigenvalue weighted by molar-refractivity contribution is -0.0110. The van der Waals surface area contributed by atoms with E-state index in [0.29, 0.717) is 17.7 Å². The minimum Gasteiger partial charge on any atom is -0.508 e. The summed E-state index contributed by atoms with van der Waals surface area (Å²) in [6.07, 6.45) is 3.39. The van der Waals surface area contributed by atoms with Crippen molar-refractivity contribution >= 4 is 17.3 Å². The molecule has 5 heteroatoms. The number of hydrogen-bond acceptors (Lipinski definition) is 3. The lowest BCUT2D eigenvalue weighted by atomic mass is 9.54. The maximum absolute atomic E-state index is 10.1. The number of hydrogen-bond donors (Lipinski definition) is 2. The summed E-state index contributed by atoms with van der Waals surface area (Å²) in [6.45, 7) is 3.16. The summed E-state index contributed by atoms with van der Waals surface area (Å²) in [5.41, 5.74) is 3.05. The summed E-state index contributed by atoms with van der Waals surface area (Å²) in [7, 11) is 4.17. The number of phenolic OH excluding ortho intramolecular Hbond substituents is 1. The van der Waals surface area contributed by atoms with Crippen molar-refractivity contribution in [2.45, 2.75) is 30.7 Å². The van der Waals surface area contributed by atoms with Crippen molar-refractivity contribution in [2.75, 3.05) is 33.7 Å². The van der Waals surface area contributed by atoms with Crippen molar-refractivity contribution in [1.29, 1.82) is 0 Å². The van der Waals surface area contributed by atoms with Crippen LogP contribution < -0.4 is 5.32 Å². The number of likely N-dealkylation sites (N-methyl/N-ethyl adjacent to an activating group) is 1. The van der Waals surface area contributed by atoms with Gasteiger partial charge in [0.15, 0.2) is 5.11 Å². The molecule has 23 heavy (non-hydrogen) atoms. The normalized spacial score (nSPS) is 32.9. The molecule has 4 rings (SSSR count). The molecule has 0 radical (unpaired) electrons. The molecule has 2 bridgehead atoms. The Bertz CT molecular complexity index is 649. The summed E-state index contributed by atoms with van der Waals surface area (Å²) in [6, 6.07) is 6.59. The molecule has 0 saturated carbocycles. The number of rotatable bonds is 0. The molecule has 124 valence electrons. The average Bonchev–Trinajstić information content (AvgIpc) is 2.57. The molecule has 1 aromatic rings. The summed E-state index contributed by atoms with van der Waals surface area (Å²) in [4.78, 5) is 4.86. The number of fused-ring (bicyclic) bond motifs is 1. The molecule has 4 nitrogen and oxygen atoms in total. The molecule has 0 unspecified atom stereocenters. The number of aromatic hydroxyl groups is 1. The molecule has 0 aromatic heterocycles. The fourth-order valence-corrected chi connectivity index (χ4v) is 5.38.